The van der Waals surface area contributed by atoms with Crippen LogP contribution in [0.15, 0.2) is 0 Å². The Hall–Kier alpha value is -0.570. The Morgan fingerprint density at radius 2 is 2.06 bits per heavy atom. The van der Waals surface area contributed by atoms with Crippen LogP contribution in [0, 0.1) is 11.8 Å². The largest absolute Gasteiger partial charge is 0.351 e. The molecule has 3 nitrogen and oxygen atoms in total. The summed E-state index contributed by atoms with van der Waals surface area (Å²) < 4.78 is 0. The first kappa shape index (κ1) is 13.5. The molecule has 3 unspecified atom stereocenters. The summed E-state index contributed by atoms with van der Waals surface area (Å²) in [5, 5.41) is 3.11. The van der Waals surface area contributed by atoms with E-state index in [0.29, 0.717) is 5.92 Å². The van der Waals surface area contributed by atoms with E-state index in [-0.39, 0.29) is 23.4 Å². The van der Waals surface area contributed by atoms with Gasteiger partial charge in [-0.2, -0.15) is 0 Å². The average molecular weight is 226 g/mol. The van der Waals surface area contributed by atoms with E-state index < -0.39 is 0 Å². The maximum absolute atomic E-state index is 12.1. The highest BCUT2D eigenvalue weighted by Crippen LogP contribution is 2.28. The molecule has 0 aromatic rings. The molecule has 1 rings (SSSR count). The van der Waals surface area contributed by atoms with Crippen molar-refractivity contribution in [1.29, 1.82) is 0 Å². The molecule has 94 valence electrons. The third-order valence-corrected chi connectivity index (χ3v) is 3.85. The van der Waals surface area contributed by atoms with E-state index in [2.05, 4.69) is 33.0 Å². The first-order valence-electron chi connectivity index (χ1n) is 6.43. The highest BCUT2D eigenvalue weighted by atomic mass is 16.2. The highest BCUT2D eigenvalue weighted by molar-refractivity contribution is 5.80. The molecule has 0 saturated heterocycles. The SMILES string of the molecule is CCC(C)(C)NC(=O)C1CC(C)CCC1N. The van der Waals surface area contributed by atoms with Crippen LogP contribution >= 0.6 is 0 Å². The summed E-state index contributed by atoms with van der Waals surface area (Å²) in [5.74, 6) is 0.778. The van der Waals surface area contributed by atoms with Gasteiger partial charge in [0.15, 0.2) is 0 Å². The summed E-state index contributed by atoms with van der Waals surface area (Å²) in [7, 11) is 0. The fourth-order valence-electron chi connectivity index (χ4n) is 2.22. The molecule has 0 aromatic heterocycles. The molecule has 1 aliphatic rings. The predicted octanol–water partition coefficient (Wildman–Crippen LogP) is 2.05. The number of hydrogen-bond acceptors (Lipinski definition) is 2. The Labute approximate surface area is 99.2 Å². The summed E-state index contributed by atoms with van der Waals surface area (Å²) in [5.41, 5.74) is 5.93. The summed E-state index contributed by atoms with van der Waals surface area (Å²) in [6.45, 7) is 8.41. The maximum atomic E-state index is 12.1. The van der Waals surface area contributed by atoms with Crippen LogP contribution in [0.5, 0.6) is 0 Å². The minimum Gasteiger partial charge on any atom is -0.351 e. The first-order valence-corrected chi connectivity index (χ1v) is 6.43. The molecule has 3 N–H and O–H groups in total. The third kappa shape index (κ3) is 3.48. The molecule has 0 aromatic carbocycles. The van der Waals surface area contributed by atoms with Crippen molar-refractivity contribution in [2.75, 3.05) is 0 Å². The van der Waals surface area contributed by atoms with Gasteiger partial charge in [-0.1, -0.05) is 13.8 Å². The molecule has 0 aliphatic heterocycles. The summed E-state index contributed by atoms with van der Waals surface area (Å²) >= 11 is 0. The van der Waals surface area contributed by atoms with Gasteiger partial charge in [0.2, 0.25) is 5.91 Å². The van der Waals surface area contributed by atoms with Crippen LogP contribution in [0.4, 0.5) is 0 Å². The van der Waals surface area contributed by atoms with Crippen LogP contribution in [0.3, 0.4) is 0 Å². The lowest BCUT2D eigenvalue weighted by molar-refractivity contribution is -0.128. The van der Waals surface area contributed by atoms with Crippen molar-refractivity contribution < 1.29 is 4.79 Å². The van der Waals surface area contributed by atoms with E-state index in [1.165, 1.54) is 0 Å². The van der Waals surface area contributed by atoms with E-state index in [1.807, 2.05) is 0 Å². The van der Waals surface area contributed by atoms with Crippen molar-refractivity contribution in [2.24, 2.45) is 17.6 Å². The van der Waals surface area contributed by atoms with Crippen LogP contribution in [-0.4, -0.2) is 17.5 Å². The summed E-state index contributed by atoms with van der Waals surface area (Å²) in [6, 6.07) is 0.0452. The van der Waals surface area contributed by atoms with Gasteiger partial charge in [-0.15, -0.1) is 0 Å². The van der Waals surface area contributed by atoms with Crippen molar-refractivity contribution in [2.45, 2.75) is 65.0 Å². The molecule has 16 heavy (non-hydrogen) atoms. The monoisotopic (exact) mass is 226 g/mol. The zero-order valence-electron chi connectivity index (χ0n) is 11.0. The fourth-order valence-corrected chi connectivity index (χ4v) is 2.22. The average Bonchev–Trinajstić information content (AvgIpc) is 2.21. The van der Waals surface area contributed by atoms with Crippen LogP contribution in [0.25, 0.3) is 0 Å². The maximum Gasteiger partial charge on any atom is 0.225 e. The van der Waals surface area contributed by atoms with Crippen molar-refractivity contribution >= 4 is 5.91 Å². The smallest absolute Gasteiger partial charge is 0.225 e. The molecule has 3 heteroatoms. The summed E-state index contributed by atoms with van der Waals surface area (Å²) in [4.78, 5) is 12.1. The molecule has 0 bridgehead atoms. The Morgan fingerprint density at radius 1 is 1.44 bits per heavy atom. The van der Waals surface area contributed by atoms with Gasteiger partial charge in [-0.05, 0) is 45.4 Å². The molecule has 1 fully saturated rings. The van der Waals surface area contributed by atoms with Gasteiger partial charge in [0.05, 0.1) is 5.92 Å². The number of amides is 1. The molecule has 0 heterocycles. The second-order valence-corrected chi connectivity index (χ2v) is 5.92. The van der Waals surface area contributed by atoms with Crippen LogP contribution in [0.2, 0.25) is 0 Å². The van der Waals surface area contributed by atoms with Gasteiger partial charge < -0.3 is 11.1 Å². The lowest BCUT2D eigenvalue weighted by atomic mass is 9.78. The number of rotatable bonds is 3. The Kier molecular flexibility index (Phi) is 4.36. The lowest BCUT2D eigenvalue weighted by Crippen LogP contribution is -2.51. The Bertz CT molecular complexity index is 250. The lowest BCUT2D eigenvalue weighted by Gasteiger charge is -2.34. The van der Waals surface area contributed by atoms with E-state index in [1.54, 1.807) is 0 Å². The van der Waals surface area contributed by atoms with Gasteiger partial charge in [0.25, 0.3) is 0 Å². The number of hydrogen-bond donors (Lipinski definition) is 2. The van der Waals surface area contributed by atoms with Crippen molar-refractivity contribution in [3.8, 4) is 0 Å². The van der Waals surface area contributed by atoms with Gasteiger partial charge in [0.1, 0.15) is 0 Å². The van der Waals surface area contributed by atoms with Crippen LogP contribution in [-0.2, 0) is 4.79 Å². The topological polar surface area (TPSA) is 55.1 Å². The molecule has 3 atom stereocenters. The summed E-state index contributed by atoms with van der Waals surface area (Å²) in [6.07, 6.45) is 4.01. The zero-order valence-corrected chi connectivity index (χ0v) is 11.0. The number of carbonyl (C=O) groups is 1. The van der Waals surface area contributed by atoms with E-state index in [0.717, 1.165) is 25.7 Å². The van der Waals surface area contributed by atoms with Crippen molar-refractivity contribution in [3.63, 3.8) is 0 Å². The fraction of sp³-hybridized carbons (Fsp3) is 0.923. The quantitative estimate of drug-likeness (QED) is 0.774. The Balaban J connectivity index is 2.58. The van der Waals surface area contributed by atoms with E-state index >= 15 is 0 Å². The van der Waals surface area contributed by atoms with Crippen molar-refractivity contribution in [3.05, 3.63) is 0 Å². The third-order valence-electron chi connectivity index (χ3n) is 3.85. The second kappa shape index (κ2) is 5.17. The first-order chi connectivity index (χ1) is 7.35. The van der Waals surface area contributed by atoms with E-state index in [9.17, 15) is 4.79 Å². The standard InChI is InChI=1S/C13H26N2O/c1-5-13(3,4)15-12(16)10-8-9(2)6-7-11(10)14/h9-11H,5-8,14H2,1-4H3,(H,15,16). The second-order valence-electron chi connectivity index (χ2n) is 5.92. The minimum atomic E-state index is -0.114. The van der Waals surface area contributed by atoms with Crippen LogP contribution < -0.4 is 11.1 Å². The van der Waals surface area contributed by atoms with Gasteiger partial charge in [-0.25, -0.2) is 0 Å². The zero-order chi connectivity index (χ0) is 12.3. The number of carbonyl (C=O) groups excluding carboxylic acids is 1. The number of nitrogens with two attached hydrogens (primary N) is 1. The predicted molar refractivity (Wildman–Crippen MR) is 67.0 cm³/mol. The van der Waals surface area contributed by atoms with E-state index in [4.69, 9.17) is 5.73 Å². The molecule has 0 radical (unpaired) electrons. The molecular weight excluding hydrogens is 200 g/mol. The van der Waals surface area contributed by atoms with Gasteiger partial charge in [0, 0.05) is 11.6 Å². The number of nitrogens with one attached hydrogen (secondary N) is 1. The molecule has 1 amide bonds. The minimum absolute atomic E-state index is 0.00887. The normalized spacial score (nSPS) is 31.2. The molecule has 0 spiro atoms. The highest BCUT2D eigenvalue weighted by Gasteiger charge is 2.33. The molecular formula is C13H26N2O. The van der Waals surface area contributed by atoms with Gasteiger partial charge >= 0.3 is 0 Å². The Morgan fingerprint density at radius 3 is 2.62 bits per heavy atom. The molecule has 1 aliphatic carbocycles. The molecule has 1 saturated carbocycles. The van der Waals surface area contributed by atoms with Gasteiger partial charge in [-0.3, -0.25) is 4.79 Å². The van der Waals surface area contributed by atoms with Crippen molar-refractivity contribution in [1.82, 2.24) is 5.32 Å². The van der Waals surface area contributed by atoms with Crippen LogP contribution in [0.1, 0.15) is 53.4 Å².